The minimum Gasteiger partial charge on any atom is -0.481 e. The molecule has 2 unspecified atom stereocenters. The third kappa shape index (κ3) is 2.41. The molecule has 0 aromatic heterocycles. The highest BCUT2D eigenvalue weighted by Gasteiger charge is 2.54. The fourth-order valence-electron chi connectivity index (χ4n) is 2.72. The van der Waals surface area contributed by atoms with Gasteiger partial charge in [-0.1, -0.05) is 42.1 Å². The Hall–Kier alpha value is -1.57. The lowest BCUT2D eigenvalue weighted by molar-refractivity contribution is -0.141. The molecule has 3 rings (SSSR count). The van der Waals surface area contributed by atoms with Crippen molar-refractivity contribution >= 4 is 22.9 Å². The van der Waals surface area contributed by atoms with Gasteiger partial charge in [-0.3, -0.25) is 9.69 Å². The van der Waals surface area contributed by atoms with Gasteiger partial charge in [0.05, 0.1) is 25.0 Å². The van der Waals surface area contributed by atoms with E-state index in [9.17, 15) is 9.90 Å². The first-order chi connectivity index (χ1) is 10.0. The quantitative estimate of drug-likeness (QED) is 0.865. The molecule has 2 N–H and O–H groups in total. The Morgan fingerprint density at radius 1 is 1.48 bits per heavy atom. The number of hydrogen-bond donors (Lipinski definition) is 2. The minimum absolute atomic E-state index is 0.116. The average molecular weight is 307 g/mol. The number of fused-ring (bicyclic) bond motifs is 1. The molecule has 1 aromatic rings. The molecule has 1 aromatic carbocycles. The van der Waals surface area contributed by atoms with Crippen LogP contribution < -0.4 is 0 Å². The molecule has 0 amide bonds. The molecule has 6 nitrogen and oxygen atoms in total. The second-order valence-electron chi connectivity index (χ2n) is 5.30. The molecule has 1 saturated heterocycles. The van der Waals surface area contributed by atoms with Gasteiger partial charge < -0.3 is 15.1 Å². The van der Waals surface area contributed by atoms with Crippen molar-refractivity contribution in [3.05, 3.63) is 35.9 Å². The van der Waals surface area contributed by atoms with Gasteiger partial charge in [0.2, 0.25) is 0 Å². The van der Waals surface area contributed by atoms with Crippen LogP contribution in [0.1, 0.15) is 12.0 Å². The van der Waals surface area contributed by atoms with E-state index in [0.717, 1.165) is 0 Å². The Morgan fingerprint density at radius 2 is 2.19 bits per heavy atom. The van der Waals surface area contributed by atoms with Gasteiger partial charge in [-0.05, 0) is 7.05 Å². The lowest BCUT2D eigenvalue weighted by atomic mass is 9.95. The number of aliphatic carboxylic acids is 1. The topological polar surface area (TPSA) is 76.4 Å². The van der Waals surface area contributed by atoms with Crippen molar-refractivity contribution in [3.8, 4) is 0 Å². The molecule has 2 heterocycles. The van der Waals surface area contributed by atoms with E-state index in [4.69, 9.17) is 5.11 Å². The average Bonchev–Trinajstić information content (AvgIpc) is 2.73. The van der Waals surface area contributed by atoms with Gasteiger partial charge in [0, 0.05) is 5.56 Å². The van der Waals surface area contributed by atoms with Crippen LogP contribution in [0.25, 0.3) is 0 Å². The van der Waals surface area contributed by atoms with Crippen molar-refractivity contribution in [2.75, 3.05) is 20.4 Å². The zero-order chi connectivity index (χ0) is 15.0. The highest BCUT2D eigenvalue weighted by atomic mass is 32.2. The number of thioether (sulfide) groups is 1. The van der Waals surface area contributed by atoms with Crippen LogP contribution in [0.3, 0.4) is 0 Å². The first-order valence-corrected chi connectivity index (χ1v) is 7.56. The van der Waals surface area contributed by atoms with Crippen molar-refractivity contribution in [3.63, 3.8) is 0 Å². The third-order valence-electron chi connectivity index (χ3n) is 3.73. The normalized spacial score (nSPS) is 29.1. The summed E-state index contributed by atoms with van der Waals surface area (Å²) in [7, 11) is 1.92. The van der Waals surface area contributed by atoms with E-state index < -0.39 is 16.9 Å². The molecule has 0 spiro atoms. The van der Waals surface area contributed by atoms with Crippen LogP contribution in [-0.4, -0.2) is 56.8 Å². The van der Waals surface area contributed by atoms with E-state index in [-0.39, 0.29) is 6.42 Å². The number of nitrogens with zero attached hydrogens (tertiary/aromatic N) is 3. The Bertz CT molecular complexity index is 580. The van der Waals surface area contributed by atoms with Crippen molar-refractivity contribution in [2.45, 2.75) is 17.4 Å². The molecule has 1 fully saturated rings. The predicted octanol–water partition coefficient (Wildman–Crippen LogP) is 0.940. The van der Waals surface area contributed by atoms with Crippen LogP contribution in [-0.2, 0) is 10.5 Å². The summed E-state index contributed by atoms with van der Waals surface area (Å²) >= 11 is 1.35. The number of aliphatic hydroxyl groups is 1. The standard InChI is InChI=1S/C14H17N3O3S/c1-16-8-15-13-17(9-16)14(20,10-5-3-2-4-6-10)11(21-13)7-12(18)19/h2-6,11,20H,7-9H2,1H3,(H,18,19). The molecule has 0 saturated carbocycles. The van der Waals surface area contributed by atoms with Gasteiger partial charge in [0.15, 0.2) is 10.9 Å². The highest BCUT2D eigenvalue weighted by Crippen LogP contribution is 2.47. The summed E-state index contributed by atoms with van der Waals surface area (Å²) in [6.45, 7) is 1.08. The number of amidine groups is 1. The van der Waals surface area contributed by atoms with Crippen molar-refractivity contribution in [1.29, 1.82) is 0 Å². The summed E-state index contributed by atoms with van der Waals surface area (Å²) in [6, 6.07) is 9.22. The molecule has 0 radical (unpaired) electrons. The Morgan fingerprint density at radius 3 is 2.86 bits per heavy atom. The molecule has 21 heavy (non-hydrogen) atoms. The van der Waals surface area contributed by atoms with Gasteiger partial charge in [0.25, 0.3) is 0 Å². The zero-order valence-corrected chi connectivity index (χ0v) is 12.5. The molecular formula is C14H17N3O3S. The van der Waals surface area contributed by atoms with Crippen molar-refractivity contribution < 1.29 is 15.0 Å². The summed E-state index contributed by atoms with van der Waals surface area (Å²) in [6.07, 6.45) is -0.116. The van der Waals surface area contributed by atoms with E-state index >= 15 is 0 Å². The molecule has 2 aliphatic rings. The summed E-state index contributed by atoms with van der Waals surface area (Å²) in [5, 5.41) is 20.7. The van der Waals surface area contributed by atoms with E-state index in [1.54, 1.807) is 4.90 Å². The first kappa shape index (κ1) is 14.4. The number of carbonyl (C=O) groups is 1. The van der Waals surface area contributed by atoms with Gasteiger partial charge in [-0.15, -0.1) is 0 Å². The molecule has 2 aliphatic heterocycles. The molecule has 7 heteroatoms. The lowest BCUT2D eigenvalue weighted by Crippen LogP contribution is -2.54. The lowest BCUT2D eigenvalue weighted by Gasteiger charge is -2.41. The maximum Gasteiger partial charge on any atom is 0.304 e. The molecule has 112 valence electrons. The van der Waals surface area contributed by atoms with Crippen LogP contribution in [0.4, 0.5) is 0 Å². The van der Waals surface area contributed by atoms with Crippen LogP contribution in [0.2, 0.25) is 0 Å². The number of rotatable bonds is 3. The second-order valence-corrected chi connectivity index (χ2v) is 6.47. The van der Waals surface area contributed by atoms with Crippen molar-refractivity contribution in [1.82, 2.24) is 9.80 Å². The number of benzene rings is 1. The van der Waals surface area contributed by atoms with Gasteiger partial charge in [-0.25, -0.2) is 4.99 Å². The number of carboxylic acids is 1. The summed E-state index contributed by atoms with van der Waals surface area (Å²) < 4.78 is 0. The maximum atomic E-state index is 11.3. The van der Waals surface area contributed by atoms with Crippen LogP contribution in [0.5, 0.6) is 0 Å². The van der Waals surface area contributed by atoms with E-state index in [1.165, 1.54) is 11.8 Å². The predicted molar refractivity (Wildman–Crippen MR) is 80.7 cm³/mol. The Labute approximate surface area is 127 Å². The summed E-state index contributed by atoms with van der Waals surface area (Å²) in [5.41, 5.74) is -0.651. The first-order valence-electron chi connectivity index (χ1n) is 6.69. The number of carboxylic acid groups (broad SMARTS) is 1. The molecule has 0 aliphatic carbocycles. The zero-order valence-electron chi connectivity index (χ0n) is 11.6. The fraction of sp³-hybridized carbons (Fsp3) is 0.429. The van der Waals surface area contributed by atoms with Crippen molar-refractivity contribution in [2.24, 2.45) is 4.99 Å². The molecular weight excluding hydrogens is 290 g/mol. The summed E-state index contributed by atoms with van der Waals surface area (Å²) in [4.78, 5) is 19.3. The van der Waals surface area contributed by atoms with E-state index in [0.29, 0.717) is 24.1 Å². The fourth-order valence-corrected chi connectivity index (χ4v) is 4.08. The minimum atomic E-state index is -1.35. The van der Waals surface area contributed by atoms with Crippen LogP contribution >= 0.6 is 11.8 Å². The van der Waals surface area contributed by atoms with Gasteiger partial charge in [-0.2, -0.15) is 0 Å². The summed E-state index contributed by atoms with van der Waals surface area (Å²) in [5.74, 6) is -0.921. The Kier molecular flexibility index (Phi) is 3.64. The SMILES string of the molecule is CN1CN=C2SC(CC(=O)O)C(O)(c3ccccc3)N2C1. The van der Waals surface area contributed by atoms with Crippen LogP contribution in [0, 0.1) is 0 Å². The maximum absolute atomic E-state index is 11.3. The van der Waals surface area contributed by atoms with E-state index in [1.807, 2.05) is 42.3 Å². The Balaban J connectivity index is 2.04. The number of aliphatic imine (C=N–C) groups is 1. The smallest absolute Gasteiger partial charge is 0.304 e. The molecule has 0 bridgehead atoms. The molecule has 2 atom stereocenters. The van der Waals surface area contributed by atoms with Gasteiger partial charge in [0.1, 0.15) is 0 Å². The monoisotopic (exact) mass is 307 g/mol. The van der Waals surface area contributed by atoms with Gasteiger partial charge >= 0.3 is 5.97 Å². The third-order valence-corrected chi connectivity index (χ3v) is 5.07. The number of hydrogen-bond acceptors (Lipinski definition) is 6. The largest absolute Gasteiger partial charge is 0.481 e. The van der Waals surface area contributed by atoms with Crippen LogP contribution in [0.15, 0.2) is 35.3 Å². The highest BCUT2D eigenvalue weighted by molar-refractivity contribution is 8.14. The van der Waals surface area contributed by atoms with E-state index in [2.05, 4.69) is 4.99 Å². The second kappa shape index (κ2) is 5.32.